The molecular formula is C57H110O6. The van der Waals surface area contributed by atoms with Crippen molar-refractivity contribution in [3.05, 3.63) is 0 Å². The van der Waals surface area contributed by atoms with E-state index in [4.69, 9.17) is 14.2 Å². The van der Waals surface area contributed by atoms with Gasteiger partial charge in [0.1, 0.15) is 13.2 Å². The van der Waals surface area contributed by atoms with Crippen molar-refractivity contribution in [3.63, 3.8) is 0 Å². The molecule has 6 heteroatoms. The Kier molecular flexibility index (Phi) is 48.6. The van der Waals surface area contributed by atoms with Crippen molar-refractivity contribution in [2.75, 3.05) is 13.2 Å². The molecule has 6 nitrogen and oxygen atoms in total. The van der Waals surface area contributed by atoms with E-state index in [-0.39, 0.29) is 31.1 Å². The molecule has 0 amide bonds. The van der Waals surface area contributed by atoms with E-state index in [9.17, 15) is 14.4 Å². The fourth-order valence-corrected chi connectivity index (χ4v) is 8.66. The van der Waals surface area contributed by atoms with Gasteiger partial charge in [0.05, 0.1) is 0 Å². The lowest BCUT2D eigenvalue weighted by Gasteiger charge is -2.18. The minimum absolute atomic E-state index is 0.0629. The molecule has 0 rings (SSSR count). The Morgan fingerprint density at radius 1 is 0.333 bits per heavy atom. The maximum atomic E-state index is 12.8. The molecule has 0 radical (unpaired) electrons. The van der Waals surface area contributed by atoms with Crippen molar-refractivity contribution < 1.29 is 28.6 Å². The number of hydrogen-bond acceptors (Lipinski definition) is 6. The average molecular weight is 892 g/mol. The molecule has 1 unspecified atom stereocenters. The topological polar surface area (TPSA) is 78.9 Å². The Morgan fingerprint density at radius 2 is 0.603 bits per heavy atom. The van der Waals surface area contributed by atoms with Gasteiger partial charge in [-0.2, -0.15) is 0 Å². The van der Waals surface area contributed by atoms with Gasteiger partial charge in [-0.05, 0) is 31.1 Å². The number of esters is 3. The number of carbonyl (C=O) groups is 3. The van der Waals surface area contributed by atoms with Gasteiger partial charge in [0.15, 0.2) is 6.10 Å². The molecule has 0 aliphatic heterocycles. The van der Waals surface area contributed by atoms with Gasteiger partial charge in [-0.1, -0.05) is 279 Å². The highest BCUT2D eigenvalue weighted by Crippen LogP contribution is 2.18. The first-order valence-electron chi connectivity index (χ1n) is 28.3. The van der Waals surface area contributed by atoms with Crippen LogP contribution in [0.15, 0.2) is 0 Å². The summed E-state index contributed by atoms with van der Waals surface area (Å²) in [5, 5.41) is 0. The van der Waals surface area contributed by atoms with Crippen molar-refractivity contribution >= 4 is 17.9 Å². The lowest BCUT2D eigenvalue weighted by Crippen LogP contribution is -2.30. The van der Waals surface area contributed by atoms with Gasteiger partial charge in [-0.15, -0.1) is 0 Å². The molecule has 0 heterocycles. The van der Waals surface area contributed by atoms with Crippen LogP contribution in [-0.2, 0) is 28.6 Å². The largest absolute Gasteiger partial charge is 0.462 e. The van der Waals surface area contributed by atoms with Gasteiger partial charge < -0.3 is 14.2 Å². The molecule has 0 saturated heterocycles. The molecule has 63 heavy (non-hydrogen) atoms. The summed E-state index contributed by atoms with van der Waals surface area (Å²) in [6.45, 7) is 11.4. The zero-order valence-corrected chi connectivity index (χ0v) is 43.2. The second-order valence-corrected chi connectivity index (χ2v) is 20.3. The lowest BCUT2D eigenvalue weighted by atomic mass is 9.99. The molecule has 0 aliphatic carbocycles. The lowest BCUT2D eigenvalue weighted by molar-refractivity contribution is -0.167. The highest BCUT2D eigenvalue weighted by molar-refractivity contribution is 5.71. The van der Waals surface area contributed by atoms with Gasteiger partial charge in [-0.25, -0.2) is 0 Å². The van der Waals surface area contributed by atoms with E-state index in [0.29, 0.717) is 19.3 Å². The molecule has 374 valence electrons. The first-order chi connectivity index (χ1) is 30.8. The summed E-state index contributed by atoms with van der Waals surface area (Å²) >= 11 is 0. The van der Waals surface area contributed by atoms with Gasteiger partial charge in [-0.3, -0.25) is 14.4 Å². The molecule has 0 aliphatic rings. The van der Waals surface area contributed by atoms with Crippen LogP contribution in [0, 0.1) is 11.8 Å². The van der Waals surface area contributed by atoms with Crippen LogP contribution >= 0.6 is 0 Å². The standard InChI is InChI=1S/C57H110O6/c1-6-8-9-10-11-12-13-16-23-29-34-39-44-49-57(60)63-54(51-62-56(59)48-43-38-33-28-24-19-20-25-30-35-40-45-52(3)4)50-61-55(58)47-42-37-32-27-22-18-15-14-17-21-26-31-36-41-46-53(5)7-2/h52-54H,6-51H2,1-5H3/t53?,54-/m1/s1. The average Bonchev–Trinajstić information content (AvgIpc) is 3.27. The summed E-state index contributed by atoms with van der Waals surface area (Å²) in [7, 11) is 0. The molecule has 0 N–H and O–H groups in total. The summed E-state index contributed by atoms with van der Waals surface area (Å²) in [4.78, 5) is 38.1. The second kappa shape index (κ2) is 49.8. The van der Waals surface area contributed by atoms with Crippen LogP contribution in [0.3, 0.4) is 0 Å². The molecule has 2 atom stereocenters. The van der Waals surface area contributed by atoms with Crippen LogP contribution in [0.2, 0.25) is 0 Å². The van der Waals surface area contributed by atoms with Gasteiger partial charge in [0, 0.05) is 19.3 Å². The van der Waals surface area contributed by atoms with Crippen LogP contribution < -0.4 is 0 Å². The second-order valence-electron chi connectivity index (χ2n) is 20.3. The Morgan fingerprint density at radius 3 is 0.905 bits per heavy atom. The maximum Gasteiger partial charge on any atom is 0.306 e. The molecule has 0 saturated carbocycles. The quantitative estimate of drug-likeness (QED) is 0.0344. The maximum absolute atomic E-state index is 12.8. The van der Waals surface area contributed by atoms with Gasteiger partial charge in [0.25, 0.3) is 0 Å². The summed E-state index contributed by atoms with van der Waals surface area (Å²) in [6.07, 6.45) is 52.2. The molecule has 0 bridgehead atoms. The third-order valence-electron chi connectivity index (χ3n) is 13.3. The third-order valence-corrected chi connectivity index (χ3v) is 13.3. The zero-order chi connectivity index (χ0) is 46.1. The molecule has 0 aromatic heterocycles. The highest BCUT2D eigenvalue weighted by Gasteiger charge is 2.19. The van der Waals surface area contributed by atoms with E-state index >= 15 is 0 Å². The third kappa shape index (κ3) is 49.7. The Bertz CT molecular complexity index is 964. The zero-order valence-electron chi connectivity index (χ0n) is 43.2. The molecular weight excluding hydrogens is 781 g/mol. The van der Waals surface area contributed by atoms with E-state index in [2.05, 4.69) is 34.6 Å². The number of hydrogen-bond donors (Lipinski definition) is 0. The van der Waals surface area contributed by atoms with E-state index in [1.165, 1.54) is 205 Å². The van der Waals surface area contributed by atoms with Crippen molar-refractivity contribution in [2.45, 2.75) is 323 Å². The minimum atomic E-state index is -0.762. The Balaban J connectivity index is 4.29. The van der Waals surface area contributed by atoms with E-state index in [1.54, 1.807) is 0 Å². The summed E-state index contributed by atoms with van der Waals surface area (Å²) < 4.78 is 16.9. The molecule has 0 aromatic rings. The minimum Gasteiger partial charge on any atom is -0.462 e. The van der Waals surface area contributed by atoms with Crippen LogP contribution in [0.25, 0.3) is 0 Å². The van der Waals surface area contributed by atoms with Crippen molar-refractivity contribution in [3.8, 4) is 0 Å². The van der Waals surface area contributed by atoms with Crippen molar-refractivity contribution in [2.24, 2.45) is 11.8 Å². The number of rotatable bonds is 51. The van der Waals surface area contributed by atoms with Crippen LogP contribution in [0.4, 0.5) is 0 Å². The first kappa shape index (κ1) is 61.4. The number of unbranched alkanes of at least 4 members (excludes halogenated alkanes) is 35. The van der Waals surface area contributed by atoms with Crippen LogP contribution in [0.1, 0.15) is 317 Å². The summed E-state index contributed by atoms with van der Waals surface area (Å²) in [6, 6.07) is 0. The first-order valence-corrected chi connectivity index (χ1v) is 28.3. The monoisotopic (exact) mass is 891 g/mol. The number of ether oxygens (including phenoxy) is 3. The summed E-state index contributed by atoms with van der Waals surface area (Å²) in [5.74, 6) is 0.881. The smallest absolute Gasteiger partial charge is 0.306 e. The molecule has 0 aromatic carbocycles. The highest BCUT2D eigenvalue weighted by atomic mass is 16.6. The van der Waals surface area contributed by atoms with E-state index < -0.39 is 6.10 Å². The Hall–Kier alpha value is -1.59. The molecule has 0 spiro atoms. The normalized spacial score (nSPS) is 12.5. The van der Waals surface area contributed by atoms with Gasteiger partial charge >= 0.3 is 17.9 Å². The Labute approximate surface area is 393 Å². The predicted octanol–water partition coefficient (Wildman–Crippen LogP) is 18.5. The van der Waals surface area contributed by atoms with Gasteiger partial charge in [0.2, 0.25) is 0 Å². The van der Waals surface area contributed by atoms with Crippen molar-refractivity contribution in [1.82, 2.24) is 0 Å². The predicted molar refractivity (Wildman–Crippen MR) is 270 cm³/mol. The van der Waals surface area contributed by atoms with Crippen LogP contribution in [0.5, 0.6) is 0 Å². The summed E-state index contributed by atoms with van der Waals surface area (Å²) in [5.41, 5.74) is 0. The van der Waals surface area contributed by atoms with Crippen molar-refractivity contribution in [1.29, 1.82) is 0 Å². The van der Waals surface area contributed by atoms with E-state index in [1.807, 2.05) is 0 Å². The SMILES string of the molecule is CCCCCCCCCCCCCCCC(=O)O[C@H](COC(=O)CCCCCCCCCCCCCCCCC(C)CC)COC(=O)CCCCCCCCCCCCCC(C)C. The van der Waals surface area contributed by atoms with Crippen LogP contribution in [-0.4, -0.2) is 37.2 Å². The molecule has 0 fully saturated rings. The fourth-order valence-electron chi connectivity index (χ4n) is 8.66. The fraction of sp³-hybridized carbons (Fsp3) is 0.947. The van der Waals surface area contributed by atoms with E-state index in [0.717, 1.165) is 69.6 Å². The number of carbonyl (C=O) groups excluding carboxylic acids is 3.